The summed E-state index contributed by atoms with van der Waals surface area (Å²) in [5, 5.41) is 16.4. The van der Waals surface area contributed by atoms with Crippen molar-refractivity contribution in [3.05, 3.63) is 42.2 Å². The van der Waals surface area contributed by atoms with Gasteiger partial charge in [-0.25, -0.2) is 4.39 Å². The Balaban J connectivity index is 1.48. The Labute approximate surface area is 153 Å². The van der Waals surface area contributed by atoms with E-state index in [-0.39, 0.29) is 11.7 Å². The number of benzene rings is 1. The molecule has 3 heterocycles. The molecular weight excluding hydrogens is 355 g/mol. The van der Waals surface area contributed by atoms with Gasteiger partial charge in [0.25, 0.3) is 0 Å². The molecule has 0 atom stereocenters. The number of likely N-dealkylation sites (tertiary alicyclic amines) is 1. The van der Waals surface area contributed by atoms with Gasteiger partial charge in [0.15, 0.2) is 5.65 Å². The van der Waals surface area contributed by atoms with Crippen molar-refractivity contribution in [2.45, 2.75) is 17.9 Å². The highest BCUT2D eigenvalue weighted by Gasteiger charge is 2.18. The maximum Gasteiger partial charge on any atom is 0.250 e. The Hall–Kier alpha value is -2.68. The predicted octanol–water partition coefficient (Wildman–Crippen LogP) is 2.72. The number of carbonyl (C=O) groups is 1. The number of hydrogen-bond donors (Lipinski definition) is 1. The van der Waals surface area contributed by atoms with E-state index in [1.165, 1.54) is 23.9 Å². The van der Waals surface area contributed by atoms with E-state index in [0.717, 1.165) is 25.9 Å². The molecule has 1 N–H and O–H groups in total. The van der Waals surface area contributed by atoms with E-state index in [9.17, 15) is 9.18 Å². The number of hydrogen-bond acceptors (Lipinski definition) is 6. The number of aromatic nitrogens is 4. The zero-order valence-corrected chi connectivity index (χ0v) is 14.7. The van der Waals surface area contributed by atoms with Crippen molar-refractivity contribution in [2.24, 2.45) is 0 Å². The molecule has 4 rings (SSSR count). The van der Waals surface area contributed by atoms with Crippen LogP contribution in [-0.2, 0) is 4.79 Å². The topological polar surface area (TPSA) is 75.4 Å². The number of halogens is 1. The van der Waals surface area contributed by atoms with E-state index in [2.05, 4.69) is 20.6 Å². The normalized spacial score (nSPS) is 14.1. The van der Waals surface area contributed by atoms with E-state index in [1.54, 1.807) is 22.7 Å². The van der Waals surface area contributed by atoms with Crippen LogP contribution in [0.25, 0.3) is 5.65 Å². The first kappa shape index (κ1) is 16.8. The Morgan fingerprint density at radius 3 is 2.65 bits per heavy atom. The summed E-state index contributed by atoms with van der Waals surface area (Å²) in [7, 11) is 0. The van der Waals surface area contributed by atoms with Crippen molar-refractivity contribution in [2.75, 3.05) is 24.2 Å². The summed E-state index contributed by atoms with van der Waals surface area (Å²) in [4.78, 5) is 14.1. The fourth-order valence-electron chi connectivity index (χ4n) is 2.78. The highest BCUT2D eigenvalue weighted by Crippen LogP contribution is 2.20. The maximum atomic E-state index is 13.0. The Kier molecular flexibility index (Phi) is 4.70. The van der Waals surface area contributed by atoms with Gasteiger partial charge in [0.1, 0.15) is 10.8 Å². The zero-order valence-electron chi connectivity index (χ0n) is 13.9. The Morgan fingerprint density at radius 1 is 1.12 bits per heavy atom. The Morgan fingerprint density at radius 2 is 1.88 bits per heavy atom. The zero-order chi connectivity index (χ0) is 17.9. The molecule has 26 heavy (non-hydrogen) atoms. The predicted molar refractivity (Wildman–Crippen MR) is 97.0 cm³/mol. The number of thioether (sulfide) groups is 1. The van der Waals surface area contributed by atoms with Gasteiger partial charge in [-0.15, -0.1) is 10.2 Å². The smallest absolute Gasteiger partial charge is 0.250 e. The number of amides is 1. The molecule has 1 aromatic carbocycles. The van der Waals surface area contributed by atoms with Gasteiger partial charge in [0.05, 0.1) is 5.75 Å². The molecule has 2 aromatic heterocycles. The Bertz CT molecular complexity index is 923. The average Bonchev–Trinajstić information content (AvgIpc) is 3.32. The summed E-state index contributed by atoms with van der Waals surface area (Å²) in [6.45, 7) is 1.70. The van der Waals surface area contributed by atoms with Crippen LogP contribution in [0.15, 0.2) is 41.4 Å². The molecule has 0 bridgehead atoms. The van der Waals surface area contributed by atoms with Gasteiger partial charge < -0.3 is 10.2 Å². The van der Waals surface area contributed by atoms with Crippen molar-refractivity contribution < 1.29 is 9.18 Å². The van der Waals surface area contributed by atoms with Crippen molar-refractivity contribution in [1.82, 2.24) is 24.7 Å². The molecule has 1 fully saturated rings. The summed E-state index contributed by atoms with van der Waals surface area (Å²) in [5.74, 6) is 0.630. The van der Waals surface area contributed by atoms with E-state index in [1.807, 2.05) is 11.0 Å². The van der Waals surface area contributed by atoms with Crippen LogP contribution >= 0.6 is 11.8 Å². The van der Waals surface area contributed by atoms with E-state index >= 15 is 0 Å². The fraction of sp³-hybridized carbons (Fsp3) is 0.294. The summed E-state index contributed by atoms with van der Waals surface area (Å²) in [5.41, 5.74) is 1.27. The van der Waals surface area contributed by atoms with Crippen molar-refractivity contribution in [1.29, 1.82) is 0 Å². The number of rotatable bonds is 5. The van der Waals surface area contributed by atoms with Gasteiger partial charge in [-0.2, -0.15) is 9.61 Å². The van der Waals surface area contributed by atoms with Crippen LogP contribution in [0, 0.1) is 5.82 Å². The largest absolute Gasteiger partial charge is 0.342 e. The van der Waals surface area contributed by atoms with Gasteiger partial charge >= 0.3 is 0 Å². The first-order valence-corrected chi connectivity index (χ1v) is 9.33. The van der Waals surface area contributed by atoms with Crippen LogP contribution in [0.3, 0.4) is 0 Å². The molecule has 0 radical (unpaired) electrons. The monoisotopic (exact) mass is 372 g/mol. The quantitative estimate of drug-likeness (QED) is 0.694. The first-order valence-electron chi connectivity index (χ1n) is 8.35. The molecule has 1 saturated heterocycles. The van der Waals surface area contributed by atoms with Gasteiger partial charge in [0.2, 0.25) is 11.9 Å². The average molecular weight is 372 g/mol. The number of fused-ring (bicyclic) bond motifs is 1. The van der Waals surface area contributed by atoms with Crippen molar-refractivity contribution >= 4 is 35.0 Å². The molecule has 3 aromatic rings. The minimum atomic E-state index is -0.305. The van der Waals surface area contributed by atoms with Crippen molar-refractivity contribution in [3.8, 4) is 0 Å². The fourth-order valence-corrected chi connectivity index (χ4v) is 3.54. The third-order valence-corrected chi connectivity index (χ3v) is 5.05. The van der Waals surface area contributed by atoms with E-state index < -0.39 is 0 Å². The lowest BCUT2D eigenvalue weighted by Crippen LogP contribution is -2.29. The second-order valence-electron chi connectivity index (χ2n) is 5.97. The molecule has 0 spiro atoms. The third-order valence-electron chi connectivity index (χ3n) is 4.14. The molecular formula is C17H17FN6OS. The standard InChI is InChI=1S/C17H17FN6OS/c18-12-3-5-13(6-4-12)19-17-21-20-14-7-8-15(22-24(14)17)26-11-16(25)23-9-1-2-10-23/h3-8H,1-2,9-11H2,(H,19,21). The summed E-state index contributed by atoms with van der Waals surface area (Å²) >= 11 is 1.39. The summed E-state index contributed by atoms with van der Waals surface area (Å²) in [6, 6.07) is 9.59. The van der Waals surface area contributed by atoms with Crippen LogP contribution in [0.1, 0.15) is 12.8 Å². The van der Waals surface area contributed by atoms with Gasteiger partial charge in [-0.3, -0.25) is 4.79 Å². The van der Waals surface area contributed by atoms with E-state index in [4.69, 9.17) is 0 Å². The second-order valence-corrected chi connectivity index (χ2v) is 6.97. The third kappa shape index (κ3) is 3.62. The number of carbonyl (C=O) groups excluding carboxylic acids is 1. The SMILES string of the molecule is O=C(CSc1ccc2nnc(Nc3ccc(F)cc3)n2n1)N1CCCC1. The van der Waals surface area contributed by atoms with Crippen LogP contribution in [0.2, 0.25) is 0 Å². The van der Waals surface area contributed by atoms with Crippen LogP contribution < -0.4 is 5.32 Å². The minimum Gasteiger partial charge on any atom is -0.342 e. The second kappa shape index (κ2) is 7.28. The molecule has 134 valence electrons. The van der Waals surface area contributed by atoms with Gasteiger partial charge in [0, 0.05) is 18.8 Å². The first-order chi connectivity index (χ1) is 12.7. The molecule has 0 aliphatic carbocycles. The molecule has 7 nitrogen and oxygen atoms in total. The molecule has 1 aliphatic rings. The maximum absolute atomic E-state index is 13.0. The summed E-state index contributed by atoms with van der Waals surface area (Å²) in [6.07, 6.45) is 2.17. The van der Waals surface area contributed by atoms with Crippen molar-refractivity contribution in [3.63, 3.8) is 0 Å². The van der Waals surface area contributed by atoms with Crippen LogP contribution in [-0.4, -0.2) is 49.5 Å². The van der Waals surface area contributed by atoms with Crippen LogP contribution in [0.5, 0.6) is 0 Å². The number of nitrogens with one attached hydrogen (secondary N) is 1. The lowest BCUT2D eigenvalue weighted by Gasteiger charge is -2.14. The molecule has 9 heteroatoms. The minimum absolute atomic E-state index is 0.141. The highest BCUT2D eigenvalue weighted by molar-refractivity contribution is 7.99. The molecule has 0 unspecified atom stereocenters. The molecule has 1 amide bonds. The highest BCUT2D eigenvalue weighted by atomic mass is 32.2. The summed E-state index contributed by atoms with van der Waals surface area (Å²) < 4.78 is 14.6. The van der Waals surface area contributed by atoms with Gasteiger partial charge in [-0.1, -0.05) is 11.8 Å². The van der Waals surface area contributed by atoms with Gasteiger partial charge in [-0.05, 0) is 49.2 Å². The molecule has 0 saturated carbocycles. The molecule has 1 aliphatic heterocycles. The lowest BCUT2D eigenvalue weighted by atomic mass is 10.3. The lowest BCUT2D eigenvalue weighted by molar-refractivity contribution is -0.127. The number of nitrogens with zero attached hydrogens (tertiary/aromatic N) is 5. The van der Waals surface area contributed by atoms with Crippen LogP contribution in [0.4, 0.5) is 16.0 Å². The number of anilines is 2. The van der Waals surface area contributed by atoms with E-state index in [0.29, 0.717) is 28.1 Å².